The molecular formula is C17H25BrO. The van der Waals surface area contributed by atoms with Gasteiger partial charge in [-0.05, 0) is 55.2 Å². The topological polar surface area (TPSA) is 20.2 Å². The molecule has 19 heavy (non-hydrogen) atoms. The van der Waals surface area contributed by atoms with Crippen LogP contribution < -0.4 is 0 Å². The van der Waals surface area contributed by atoms with Gasteiger partial charge >= 0.3 is 0 Å². The number of benzene rings is 1. The lowest BCUT2D eigenvalue weighted by atomic mass is 9.68. The molecule has 1 aliphatic carbocycles. The summed E-state index contributed by atoms with van der Waals surface area (Å²) in [6.07, 6.45) is 4.33. The van der Waals surface area contributed by atoms with Crippen molar-refractivity contribution in [2.24, 2.45) is 17.8 Å². The lowest BCUT2D eigenvalue weighted by Crippen LogP contribution is -2.40. The van der Waals surface area contributed by atoms with Crippen LogP contribution in [-0.2, 0) is 6.42 Å². The quantitative estimate of drug-likeness (QED) is 0.845. The maximum absolute atomic E-state index is 10.9. The fourth-order valence-corrected chi connectivity index (χ4v) is 3.54. The fourth-order valence-electron chi connectivity index (χ4n) is 3.27. The van der Waals surface area contributed by atoms with Crippen LogP contribution in [0.2, 0.25) is 0 Å². The molecule has 4 atom stereocenters. The van der Waals surface area contributed by atoms with Crippen LogP contribution in [0.3, 0.4) is 0 Å². The van der Waals surface area contributed by atoms with Crippen molar-refractivity contribution in [3.63, 3.8) is 0 Å². The van der Waals surface area contributed by atoms with Crippen molar-refractivity contribution in [2.75, 3.05) is 0 Å². The molecule has 0 bridgehead atoms. The molecule has 1 aromatic carbocycles. The summed E-state index contributed by atoms with van der Waals surface area (Å²) in [5.41, 5.74) is 0.641. The molecule has 4 unspecified atom stereocenters. The monoisotopic (exact) mass is 324 g/mol. The minimum atomic E-state index is -0.581. The van der Waals surface area contributed by atoms with Crippen LogP contribution in [0.5, 0.6) is 0 Å². The summed E-state index contributed by atoms with van der Waals surface area (Å²) in [6.45, 7) is 6.68. The van der Waals surface area contributed by atoms with Gasteiger partial charge in [0, 0.05) is 10.9 Å². The molecule has 0 heterocycles. The van der Waals surface area contributed by atoms with E-state index in [-0.39, 0.29) is 0 Å². The van der Waals surface area contributed by atoms with Crippen LogP contribution in [0, 0.1) is 17.8 Å². The summed E-state index contributed by atoms with van der Waals surface area (Å²) in [4.78, 5) is 0. The Labute approximate surface area is 125 Å². The molecule has 1 fully saturated rings. The van der Waals surface area contributed by atoms with Crippen LogP contribution in [-0.4, -0.2) is 10.7 Å². The van der Waals surface area contributed by atoms with Gasteiger partial charge in [-0.1, -0.05) is 48.3 Å². The largest absolute Gasteiger partial charge is 0.390 e. The summed E-state index contributed by atoms with van der Waals surface area (Å²) in [7, 11) is 0. The van der Waals surface area contributed by atoms with Gasteiger partial charge in [0.2, 0.25) is 0 Å². The maximum Gasteiger partial charge on any atom is 0.0688 e. The Morgan fingerprint density at radius 2 is 1.79 bits per heavy atom. The molecule has 0 amide bonds. The molecule has 2 rings (SSSR count). The van der Waals surface area contributed by atoms with Crippen molar-refractivity contribution in [1.82, 2.24) is 0 Å². The van der Waals surface area contributed by atoms with Crippen molar-refractivity contribution in [2.45, 2.75) is 52.1 Å². The highest BCUT2D eigenvalue weighted by Crippen LogP contribution is 2.40. The zero-order valence-electron chi connectivity index (χ0n) is 12.2. The highest BCUT2D eigenvalue weighted by atomic mass is 79.9. The van der Waals surface area contributed by atoms with Crippen molar-refractivity contribution in [3.05, 3.63) is 34.3 Å². The lowest BCUT2D eigenvalue weighted by molar-refractivity contribution is -0.0315. The Morgan fingerprint density at radius 1 is 1.16 bits per heavy atom. The standard InChI is InChI=1S/C17H25BrO/c1-12-4-7-15(10-13(12)2)17(3,19)11-14-5-8-16(18)9-6-14/h5-6,8-9,12-13,15,19H,4,7,10-11H2,1-3H3. The van der Waals surface area contributed by atoms with E-state index in [9.17, 15) is 5.11 Å². The average Bonchev–Trinajstić information content (AvgIpc) is 2.35. The SMILES string of the molecule is CC1CCC(C(C)(O)Cc2ccc(Br)cc2)CC1C. The van der Waals surface area contributed by atoms with E-state index in [4.69, 9.17) is 0 Å². The highest BCUT2D eigenvalue weighted by Gasteiger charge is 2.36. The molecule has 0 spiro atoms. The molecule has 1 nitrogen and oxygen atoms in total. The summed E-state index contributed by atoms with van der Waals surface area (Å²) in [5, 5.41) is 10.9. The van der Waals surface area contributed by atoms with Crippen molar-refractivity contribution in [3.8, 4) is 0 Å². The van der Waals surface area contributed by atoms with Gasteiger partial charge in [0.05, 0.1) is 5.60 Å². The van der Waals surface area contributed by atoms with E-state index in [1.165, 1.54) is 12.0 Å². The molecule has 106 valence electrons. The third-order valence-electron chi connectivity index (χ3n) is 4.95. The smallest absolute Gasteiger partial charge is 0.0688 e. The molecule has 0 aliphatic heterocycles. The van der Waals surface area contributed by atoms with Crippen molar-refractivity contribution >= 4 is 15.9 Å². The molecule has 0 radical (unpaired) electrons. The predicted octanol–water partition coefficient (Wildman–Crippen LogP) is 4.81. The predicted molar refractivity (Wildman–Crippen MR) is 84.1 cm³/mol. The van der Waals surface area contributed by atoms with Crippen molar-refractivity contribution < 1.29 is 5.11 Å². The zero-order valence-corrected chi connectivity index (χ0v) is 13.8. The summed E-state index contributed by atoms with van der Waals surface area (Å²) in [5.74, 6) is 1.97. The first kappa shape index (κ1) is 15.1. The van der Waals surface area contributed by atoms with Gasteiger partial charge in [0.1, 0.15) is 0 Å². The van der Waals surface area contributed by atoms with Gasteiger partial charge in [-0.15, -0.1) is 0 Å². The van der Waals surface area contributed by atoms with E-state index in [0.29, 0.717) is 5.92 Å². The molecule has 2 heteroatoms. The molecule has 0 saturated heterocycles. The molecule has 0 aromatic heterocycles. The third kappa shape index (κ3) is 3.82. The van der Waals surface area contributed by atoms with Crippen molar-refractivity contribution in [1.29, 1.82) is 0 Å². The second-order valence-electron chi connectivity index (χ2n) is 6.62. The van der Waals surface area contributed by atoms with E-state index in [1.54, 1.807) is 0 Å². The molecule has 1 saturated carbocycles. The number of rotatable bonds is 3. The third-order valence-corrected chi connectivity index (χ3v) is 5.48. The first-order chi connectivity index (χ1) is 8.88. The second kappa shape index (κ2) is 5.97. The second-order valence-corrected chi connectivity index (χ2v) is 7.54. The Morgan fingerprint density at radius 3 is 2.37 bits per heavy atom. The Hall–Kier alpha value is -0.340. The molecule has 1 aliphatic rings. The van der Waals surface area contributed by atoms with E-state index in [2.05, 4.69) is 54.0 Å². The molecule has 1 aromatic rings. The van der Waals surface area contributed by atoms with Crippen LogP contribution in [0.15, 0.2) is 28.7 Å². The number of aliphatic hydroxyl groups is 1. The zero-order chi connectivity index (χ0) is 14.0. The first-order valence-electron chi connectivity index (χ1n) is 7.35. The van der Waals surface area contributed by atoms with E-state index in [0.717, 1.165) is 35.6 Å². The summed E-state index contributed by atoms with van der Waals surface area (Å²) < 4.78 is 1.09. The summed E-state index contributed by atoms with van der Waals surface area (Å²) >= 11 is 3.45. The van der Waals surface area contributed by atoms with Gasteiger partial charge in [-0.25, -0.2) is 0 Å². The van der Waals surface area contributed by atoms with Gasteiger partial charge in [0.25, 0.3) is 0 Å². The van der Waals surface area contributed by atoms with E-state index in [1.807, 2.05) is 6.92 Å². The Bertz CT molecular complexity index is 410. The van der Waals surface area contributed by atoms with Crippen LogP contribution in [0.4, 0.5) is 0 Å². The lowest BCUT2D eigenvalue weighted by Gasteiger charge is -2.40. The van der Waals surface area contributed by atoms with Gasteiger partial charge in [0.15, 0.2) is 0 Å². The van der Waals surface area contributed by atoms with Gasteiger partial charge < -0.3 is 5.11 Å². The number of halogens is 1. The average molecular weight is 325 g/mol. The Kier molecular flexibility index (Phi) is 4.73. The molecular weight excluding hydrogens is 300 g/mol. The van der Waals surface area contributed by atoms with E-state index < -0.39 is 5.60 Å². The van der Waals surface area contributed by atoms with Crippen LogP contribution >= 0.6 is 15.9 Å². The minimum Gasteiger partial charge on any atom is -0.390 e. The van der Waals surface area contributed by atoms with E-state index >= 15 is 0 Å². The Balaban J connectivity index is 2.03. The van der Waals surface area contributed by atoms with Gasteiger partial charge in [-0.3, -0.25) is 0 Å². The van der Waals surface area contributed by atoms with Crippen LogP contribution in [0.25, 0.3) is 0 Å². The summed E-state index contributed by atoms with van der Waals surface area (Å²) in [6, 6.07) is 8.31. The van der Waals surface area contributed by atoms with Crippen LogP contribution in [0.1, 0.15) is 45.6 Å². The minimum absolute atomic E-state index is 0.433. The fraction of sp³-hybridized carbons (Fsp3) is 0.647. The molecule has 1 N–H and O–H groups in total. The number of hydrogen-bond donors (Lipinski definition) is 1. The first-order valence-corrected chi connectivity index (χ1v) is 8.14. The van der Waals surface area contributed by atoms with Gasteiger partial charge in [-0.2, -0.15) is 0 Å². The maximum atomic E-state index is 10.9. The highest BCUT2D eigenvalue weighted by molar-refractivity contribution is 9.10. The number of hydrogen-bond acceptors (Lipinski definition) is 1. The normalized spacial score (nSPS) is 30.9.